The van der Waals surface area contributed by atoms with E-state index in [1.165, 1.54) is 0 Å². The van der Waals surface area contributed by atoms with Crippen LogP contribution in [0, 0.1) is 6.58 Å². The van der Waals surface area contributed by atoms with E-state index in [0.717, 1.165) is 5.57 Å². The molecular weight excluding hydrogens is 173 g/mol. The Labute approximate surface area is 58.1 Å². The smallest absolute Gasteiger partial charge is 0.293 e. The Morgan fingerprint density at radius 3 is 2.00 bits per heavy atom. The van der Waals surface area contributed by atoms with Crippen molar-refractivity contribution in [2.75, 3.05) is 0 Å². The Morgan fingerprint density at radius 1 is 1.57 bits per heavy atom. The van der Waals surface area contributed by atoms with Crippen LogP contribution in [0.3, 0.4) is 0 Å². The molecule has 1 heteroatoms. The van der Waals surface area contributed by atoms with Crippen LogP contribution in [0.2, 0.25) is 0 Å². The fourth-order valence-electron chi connectivity index (χ4n) is 0.0962. The fourth-order valence-corrected chi connectivity index (χ4v) is 0.0962. The summed E-state index contributed by atoms with van der Waals surface area (Å²) >= 11 is 0. The normalized spacial score (nSPS) is 9.71. The van der Waals surface area contributed by atoms with Gasteiger partial charge in [-0.25, -0.2) is 11.6 Å². The molecule has 0 rings (SSSR count). The standard InChI is InChI=1S/C6H9.Ru/c1-4-6(3)5-2;/h1,4-5H,2-3H3;/q-1;+1. The molecule has 0 saturated heterocycles. The van der Waals surface area contributed by atoms with Crippen LogP contribution in [0.15, 0.2) is 17.7 Å². The van der Waals surface area contributed by atoms with Crippen molar-refractivity contribution in [2.24, 2.45) is 0 Å². The van der Waals surface area contributed by atoms with Gasteiger partial charge in [-0.3, -0.25) is 6.58 Å². The van der Waals surface area contributed by atoms with E-state index in [0.29, 0.717) is 0 Å². The Balaban J connectivity index is 0. The molecule has 0 spiro atoms. The van der Waals surface area contributed by atoms with Gasteiger partial charge in [0.15, 0.2) is 0 Å². The number of hydrogen-bond acceptors (Lipinski definition) is 0. The molecule has 0 N–H and O–H groups in total. The molecule has 1 radical (unpaired) electrons. The predicted molar refractivity (Wildman–Crippen MR) is 28.3 cm³/mol. The number of allylic oxidation sites excluding steroid dienone is 3. The van der Waals surface area contributed by atoms with Crippen LogP contribution in [0.4, 0.5) is 0 Å². The maximum Gasteiger partial charge on any atom is 1.00 e. The van der Waals surface area contributed by atoms with Crippen molar-refractivity contribution < 1.29 is 19.5 Å². The van der Waals surface area contributed by atoms with Crippen LogP contribution >= 0.6 is 0 Å². The van der Waals surface area contributed by atoms with Crippen molar-refractivity contribution in [1.82, 2.24) is 0 Å². The van der Waals surface area contributed by atoms with Gasteiger partial charge >= 0.3 is 19.5 Å². The van der Waals surface area contributed by atoms with Crippen LogP contribution in [0.1, 0.15) is 13.8 Å². The first-order chi connectivity index (χ1) is 2.81. The topological polar surface area (TPSA) is 0 Å². The van der Waals surface area contributed by atoms with Crippen molar-refractivity contribution in [1.29, 1.82) is 0 Å². The molecule has 41 valence electrons. The third kappa shape index (κ3) is 6.10. The molecule has 0 aromatic carbocycles. The van der Waals surface area contributed by atoms with E-state index < -0.39 is 0 Å². The molecule has 0 saturated carbocycles. The summed E-state index contributed by atoms with van der Waals surface area (Å²) in [4.78, 5) is 0. The maximum absolute atomic E-state index is 5.09. The molecule has 0 amide bonds. The van der Waals surface area contributed by atoms with E-state index in [1.807, 2.05) is 19.9 Å². The quantitative estimate of drug-likeness (QED) is 0.330. The minimum Gasteiger partial charge on any atom is -0.293 e. The van der Waals surface area contributed by atoms with Gasteiger partial charge in [0.25, 0.3) is 0 Å². The van der Waals surface area contributed by atoms with Gasteiger partial charge in [-0.05, 0) is 0 Å². The van der Waals surface area contributed by atoms with E-state index in [9.17, 15) is 0 Å². The van der Waals surface area contributed by atoms with E-state index in [2.05, 4.69) is 0 Å². The van der Waals surface area contributed by atoms with Gasteiger partial charge in [-0.15, -0.1) is 6.92 Å². The molecule has 0 bridgehead atoms. The second-order valence-electron chi connectivity index (χ2n) is 1.20. The molecule has 0 aromatic rings. The largest absolute Gasteiger partial charge is 1.00 e. The summed E-state index contributed by atoms with van der Waals surface area (Å²) < 4.78 is 0. The monoisotopic (exact) mass is 183 g/mol. The van der Waals surface area contributed by atoms with E-state index >= 15 is 0 Å². The van der Waals surface area contributed by atoms with E-state index in [-0.39, 0.29) is 19.5 Å². The molecule has 0 unspecified atom stereocenters. The average molecular weight is 182 g/mol. The molecule has 0 nitrogen and oxygen atoms in total. The Kier molecular flexibility index (Phi) is 8.86. The van der Waals surface area contributed by atoms with Crippen molar-refractivity contribution in [3.63, 3.8) is 0 Å². The minimum atomic E-state index is 0. The Hall–Kier alpha value is 0.103. The van der Waals surface area contributed by atoms with Gasteiger partial charge in [0, 0.05) is 0 Å². The summed E-state index contributed by atoms with van der Waals surface area (Å²) in [6.45, 7) is 9.00. The van der Waals surface area contributed by atoms with E-state index in [4.69, 9.17) is 6.58 Å². The van der Waals surface area contributed by atoms with Gasteiger partial charge in [0.1, 0.15) is 0 Å². The summed E-state index contributed by atoms with van der Waals surface area (Å²) in [5, 5.41) is 0. The first-order valence-corrected chi connectivity index (χ1v) is 1.99. The summed E-state index contributed by atoms with van der Waals surface area (Å²) in [5.41, 5.74) is 1.12. The summed E-state index contributed by atoms with van der Waals surface area (Å²) in [7, 11) is 0. The van der Waals surface area contributed by atoms with Crippen LogP contribution in [0.25, 0.3) is 0 Å². The van der Waals surface area contributed by atoms with Gasteiger partial charge in [0.2, 0.25) is 0 Å². The summed E-state index contributed by atoms with van der Waals surface area (Å²) in [6, 6.07) is 0. The molecule has 0 aromatic heterocycles. The third-order valence-corrected chi connectivity index (χ3v) is 0.718. The second kappa shape index (κ2) is 6.10. The zero-order chi connectivity index (χ0) is 4.99. The zero-order valence-corrected chi connectivity index (χ0v) is 6.32. The molecule has 0 aliphatic rings. The molecular formula is C6H9Ru. The first kappa shape index (κ1) is 10.2. The minimum absolute atomic E-state index is 0. The molecule has 7 heavy (non-hydrogen) atoms. The average Bonchev–Trinajstić information content (AvgIpc) is 1.65. The zero-order valence-electron chi connectivity index (χ0n) is 4.59. The van der Waals surface area contributed by atoms with Gasteiger partial charge < -0.3 is 0 Å². The number of hydrogen-bond donors (Lipinski definition) is 0. The Bertz CT molecular complexity index is 72.2. The van der Waals surface area contributed by atoms with Crippen molar-refractivity contribution in [3.05, 3.63) is 24.3 Å². The first-order valence-electron chi connectivity index (χ1n) is 1.99. The van der Waals surface area contributed by atoms with Crippen molar-refractivity contribution in [2.45, 2.75) is 13.8 Å². The second-order valence-corrected chi connectivity index (χ2v) is 1.20. The predicted octanol–water partition coefficient (Wildman–Crippen LogP) is 1.94. The van der Waals surface area contributed by atoms with Crippen molar-refractivity contribution >= 4 is 0 Å². The molecule has 0 aliphatic heterocycles. The summed E-state index contributed by atoms with van der Waals surface area (Å²) in [5.74, 6) is 0. The summed E-state index contributed by atoms with van der Waals surface area (Å²) in [6.07, 6.45) is 3.54. The van der Waals surface area contributed by atoms with Crippen molar-refractivity contribution in [3.8, 4) is 0 Å². The molecule has 0 atom stereocenters. The van der Waals surface area contributed by atoms with Gasteiger partial charge in [0.05, 0.1) is 0 Å². The maximum atomic E-state index is 5.09. The van der Waals surface area contributed by atoms with E-state index in [1.54, 1.807) is 6.08 Å². The SMILES string of the molecule is [CH-]=CC(C)=CC.[Ru+]. The third-order valence-electron chi connectivity index (χ3n) is 0.718. The molecule has 0 fully saturated rings. The molecule has 0 heterocycles. The van der Waals surface area contributed by atoms with Crippen LogP contribution < -0.4 is 0 Å². The number of rotatable bonds is 1. The van der Waals surface area contributed by atoms with Crippen LogP contribution in [-0.2, 0) is 19.5 Å². The fraction of sp³-hybridized carbons (Fsp3) is 0.333. The van der Waals surface area contributed by atoms with Gasteiger partial charge in [-0.1, -0.05) is 6.92 Å². The van der Waals surface area contributed by atoms with Crippen LogP contribution in [-0.4, -0.2) is 0 Å². The molecule has 0 aliphatic carbocycles. The van der Waals surface area contributed by atoms with Crippen LogP contribution in [0.5, 0.6) is 0 Å². The van der Waals surface area contributed by atoms with Gasteiger partial charge in [-0.2, -0.15) is 6.08 Å². The Morgan fingerprint density at radius 2 is 2.00 bits per heavy atom.